The summed E-state index contributed by atoms with van der Waals surface area (Å²) in [4.78, 5) is 2.03. The molecule has 1 heterocycles. The number of para-hydroxylation sites is 1. The highest BCUT2D eigenvalue weighted by Crippen LogP contribution is 2.30. The maximum absolute atomic E-state index is 14.3. The highest BCUT2D eigenvalue weighted by Gasteiger charge is 2.25. The Morgan fingerprint density at radius 3 is 3.05 bits per heavy atom. The van der Waals surface area contributed by atoms with Crippen molar-refractivity contribution in [2.45, 2.75) is 31.8 Å². The van der Waals surface area contributed by atoms with Crippen molar-refractivity contribution in [2.24, 2.45) is 0 Å². The van der Waals surface area contributed by atoms with Gasteiger partial charge in [0, 0.05) is 26.7 Å². The topological polar surface area (TPSA) is 44.7 Å². The molecule has 2 N–H and O–H groups in total. The van der Waals surface area contributed by atoms with Crippen LogP contribution < -0.4 is 10.2 Å². The SMILES string of the molecule is COCCNCc1cccc(F)c1N1CCCCC1CO. The van der Waals surface area contributed by atoms with Crippen LogP contribution in [-0.2, 0) is 11.3 Å². The molecule has 1 aliphatic rings. The van der Waals surface area contributed by atoms with E-state index in [-0.39, 0.29) is 18.5 Å². The van der Waals surface area contributed by atoms with Gasteiger partial charge in [-0.25, -0.2) is 4.39 Å². The van der Waals surface area contributed by atoms with Gasteiger partial charge in [0.2, 0.25) is 0 Å². The predicted octanol–water partition coefficient (Wildman–Crippen LogP) is 1.91. The number of methoxy groups -OCH3 is 1. The van der Waals surface area contributed by atoms with Crippen molar-refractivity contribution in [1.29, 1.82) is 0 Å². The molecule has 4 nitrogen and oxygen atoms in total. The van der Waals surface area contributed by atoms with E-state index in [1.54, 1.807) is 13.2 Å². The van der Waals surface area contributed by atoms with Gasteiger partial charge in [-0.1, -0.05) is 12.1 Å². The van der Waals surface area contributed by atoms with Gasteiger partial charge < -0.3 is 20.1 Å². The fraction of sp³-hybridized carbons (Fsp3) is 0.625. The number of nitrogens with zero attached hydrogens (tertiary/aromatic N) is 1. The van der Waals surface area contributed by atoms with Crippen molar-refractivity contribution in [3.63, 3.8) is 0 Å². The van der Waals surface area contributed by atoms with Crippen molar-refractivity contribution in [3.8, 4) is 0 Å². The maximum Gasteiger partial charge on any atom is 0.146 e. The number of hydrogen-bond acceptors (Lipinski definition) is 4. The molecule has 1 aromatic carbocycles. The average molecular weight is 296 g/mol. The minimum absolute atomic E-state index is 0.0216. The van der Waals surface area contributed by atoms with Crippen LogP contribution in [0, 0.1) is 5.82 Å². The standard InChI is InChI=1S/C16H25FN2O2/c1-21-10-8-18-11-13-5-4-7-15(17)16(13)19-9-3-2-6-14(19)12-20/h4-5,7,14,18,20H,2-3,6,8-12H2,1H3. The number of benzene rings is 1. The first-order valence-electron chi connectivity index (χ1n) is 7.62. The Morgan fingerprint density at radius 1 is 1.43 bits per heavy atom. The molecule has 0 amide bonds. The highest BCUT2D eigenvalue weighted by molar-refractivity contribution is 5.56. The smallest absolute Gasteiger partial charge is 0.146 e. The normalized spacial score (nSPS) is 19.0. The number of aliphatic hydroxyl groups is 1. The van der Waals surface area contributed by atoms with Crippen LogP contribution in [0.2, 0.25) is 0 Å². The number of piperidine rings is 1. The van der Waals surface area contributed by atoms with Crippen LogP contribution in [0.4, 0.5) is 10.1 Å². The Kier molecular flexibility index (Phi) is 6.42. The molecule has 1 unspecified atom stereocenters. The number of nitrogens with one attached hydrogen (secondary N) is 1. The lowest BCUT2D eigenvalue weighted by atomic mass is 10.00. The van der Waals surface area contributed by atoms with E-state index < -0.39 is 0 Å². The molecule has 21 heavy (non-hydrogen) atoms. The molecule has 1 aliphatic heterocycles. The summed E-state index contributed by atoms with van der Waals surface area (Å²) in [5.74, 6) is -0.207. The first-order chi connectivity index (χ1) is 10.3. The van der Waals surface area contributed by atoms with Crippen LogP contribution in [0.15, 0.2) is 18.2 Å². The maximum atomic E-state index is 14.3. The lowest BCUT2D eigenvalue weighted by Gasteiger charge is -2.38. The molecule has 0 saturated carbocycles. The first-order valence-corrected chi connectivity index (χ1v) is 7.62. The zero-order chi connectivity index (χ0) is 15.1. The molecule has 0 bridgehead atoms. The lowest BCUT2D eigenvalue weighted by Crippen LogP contribution is -2.43. The van der Waals surface area contributed by atoms with Crippen molar-refractivity contribution < 1.29 is 14.2 Å². The van der Waals surface area contributed by atoms with Crippen LogP contribution in [0.25, 0.3) is 0 Å². The van der Waals surface area contributed by atoms with Gasteiger partial charge in [0.1, 0.15) is 5.82 Å². The molecule has 1 aromatic rings. The summed E-state index contributed by atoms with van der Waals surface area (Å²) in [5, 5.41) is 12.8. The minimum Gasteiger partial charge on any atom is -0.394 e. The average Bonchev–Trinajstić information content (AvgIpc) is 2.52. The van der Waals surface area contributed by atoms with E-state index in [4.69, 9.17) is 4.74 Å². The van der Waals surface area contributed by atoms with E-state index in [1.165, 1.54) is 6.07 Å². The molecular formula is C16H25FN2O2. The summed E-state index contributed by atoms with van der Waals surface area (Å²) in [6.07, 6.45) is 3.06. The number of hydrogen-bond donors (Lipinski definition) is 2. The van der Waals surface area contributed by atoms with Crippen LogP contribution in [-0.4, -0.2) is 44.6 Å². The van der Waals surface area contributed by atoms with Gasteiger partial charge in [-0.05, 0) is 30.9 Å². The van der Waals surface area contributed by atoms with E-state index in [0.717, 1.165) is 37.9 Å². The number of aliphatic hydroxyl groups excluding tert-OH is 1. The molecular weight excluding hydrogens is 271 g/mol. The Balaban J connectivity index is 2.16. The van der Waals surface area contributed by atoms with E-state index in [1.807, 2.05) is 11.0 Å². The molecule has 118 valence electrons. The Hall–Kier alpha value is -1.17. The predicted molar refractivity (Wildman–Crippen MR) is 82.1 cm³/mol. The van der Waals surface area contributed by atoms with Gasteiger partial charge in [0.25, 0.3) is 0 Å². The van der Waals surface area contributed by atoms with Crippen molar-refractivity contribution in [3.05, 3.63) is 29.6 Å². The third-order valence-electron chi connectivity index (χ3n) is 3.99. The lowest BCUT2D eigenvalue weighted by molar-refractivity contribution is 0.199. The monoisotopic (exact) mass is 296 g/mol. The fourth-order valence-corrected chi connectivity index (χ4v) is 2.91. The summed E-state index contributed by atoms with van der Waals surface area (Å²) in [6, 6.07) is 5.20. The Morgan fingerprint density at radius 2 is 2.29 bits per heavy atom. The third kappa shape index (κ3) is 4.15. The number of ether oxygens (including phenoxy) is 1. The van der Waals surface area contributed by atoms with Gasteiger partial charge in [-0.15, -0.1) is 0 Å². The second-order valence-corrected chi connectivity index (χ2v) is 5.44. The van der Waals surface area contributed by atoms with Gasteiger partial charge in [0.15, 0.2) is 0 Å². The molecule has 0 aliphatic carbocycles. The van der Waals surface area contributed by atoms with Crippen LogP contribution in [0.1, 0.15) is 24.8 Å². The highest BCUT2D eigenvalue weighted by atomic mass is 19.1. The zero-order valence-corrected chi connectivity index (χ0v) is 12.6. The van der Waals surface area contributed by atoms with Gasteiger partial charge in [-0.3, -0.25) is 0 Å². The quantitative estimate of drug-likeness (QED) is 0.755. The van der Waals surface area contributed by atoms with Gasteiger partial charge >= 0.3 is 0 Å². The third-order valence-corrected chi connectivity index (χ3v) is 3.99. The second-order valence-electron chi connectivity index (χ2n) is 5.44. The number of rotatable bonds is 7. The van der Waals surface area contributed by atoms with E-state index in [2.05, 4.69) is 5.32 Å². The summed E-state index contributed by atoms with van der Waals surface area (Å²) >= 11 is 0. The van der Waals surface area contributed by atoms with Gasteiger partial charge in [0.05, 0.1) is 24.9 Å². The number of halogens is 1. The Labute approximate surface area is 125 Å². The fourth-order valence-electron chi connectivity index (χ4n) is 2.91. The van der Waals surface area contributed by atoms with Crippen LogP contribution in [0.5, 0.6) is 0 Å². The molecule has 1 saturated heterocycles. The van der Waals surface area contributed by atoms with Crippen molar-refractivity contribution >= 4 is 5.69 Å². The zero-order valence-electron chi connectivity index (χ0n) is 12.6. The van der Waals surface area contributed by atoms with E-state index >= 15 is 0 Å². The van der Waals surface area contributed by atoms with Crippen LogP contribution in [0.3, 0.4) is 0 Å². The largest absolute Gasteiger partial charge is 0.394 e. The number of anilines is 1. The molecule has 1 fully saturated rings. The minimum atomic E-state index is -0.207. The molecule has 0 aromatic heterocycles. The summed E-state index contributed by atoms with van der Waals surface area (Å²) in [5.41, 5.74) is 1.58. The summed E-state index contributed by atoms with van der Waals surface area (Å²) < 4.78 is 19.3. The van der Waals surface area contributed by atoms with E-state index in [0.29, 0.717) is 18.8 Å². The van der Waals surface area contributed by atoms with E-state index in [9.17, 15) is 9.50 Å². The second kappa shape index (κ2) is 8.32. The molecule has 0 radical (unpaired) electrons. The van der Waals surface area contributed by atoms with Crippen LogP contribution >= 0.6 is 0 Å². The van der Waals surface area contributed by atoms with Gasteiger partial charge in [-0.2, -0.15) is 0 Å². The summed E-state index contributed by atoms with van der Waals surface area (Å²) in [7, 11) is 1.66. The van der Waals surface area contributed by atoms with Crippen molar-refractivity contribution in [2.75, 3.05) is 38.3 Å². The first kappa shape index (κ1) is 16.2. The molecule has 1 atom stereocenters. The molecule has 0 spiro atoms. The Bertz CT molecular complexity index is 442. The summed E-state index contributed by atoms with van der Waals surface area (Å²) in [6.45, 7) is 2.84. The molecule has 5 heteroatoms. The van der Waals surface area contributed by atoms with Crippen molar-refractivity contribution in [1.82, 2.24) is 5.32 Å². The molecule has 2 rings (SSSR count).